The Labute approximate surface area is 112 Å². The number of hydrogen-bond acceptors (Lipinski definition) is 3. The van der Waals surface area contributed by atoms with Crippen LogP contribution in [0.25, 0.3) is 0 Å². The Bertz CT molecular complexity index is 390. The van der Waals surface area contributed by atoms with Gasteiger partial charge in [-0.3, -0.25) is 10.2 Å². The van der Waals surface area contributed by atoms with Crippen LogP contribution in [0.2, 0.25) is 0 Å². The summed E-state index contributed by atoms with van der Waals surface area (Å²) in [5.74, 6) is -0.160. The van der Waals surface area contributed by atoms with Gasteiger partial charge in [-0.05, 0) is 12.6 Å². The predicted octanol–water partition coefficient (Wildman–Crippen LogP) is 1.25. The average molecular weight is 268 g/mol. The third-order valence-corrected chi connectivity index (χ3v) is 3.54. The zero-order chi connectivity index (χ0) is 13.0. The van der Waals surface area contributed by atoms with Gasteiger partial charge in [0.05, 0.1) is 0 Å². The number of amides is 1. The molecule has 1 fully saturated rings. The monoisotopic (exact) mass is 267 g/mol. The standard InChI is InChI=1S/C13H18ClN3O/c1-16-7-9-17(10-8-16)15-13(18)12(14)11-5-3-2-4-6-11/h2-6,12H,7-10H2,1H3,(H,15,18)/t12-/m1/s1. The van der Waals surface area contributed by atoms with Crippen LogP contribution in [0.3, 0.4) is 0 Å². The molecule has 0 saturated carbocycles. The number of alkyl halides is 1. The molecule has 2 rings (SSSR count). The molecule has 5 heteroatoms. The summed E-state index contributed by atoms with van der Waals surface area (Å²) in [7, 11) is 2.08. The van der Waals surface area contributed by atoms with Crippen molar-refractivity contribution >= 4 is 17.5 Å². The summed E-state index contributed by atoms with van der Waals surface area (Å²) >= 11 is 6.16. The molecule has 1 aromatic rings. The molecule has 1 aliphatic heterocycles. The van der Waals surface area contributed by atoms with E-state index < -0.39 is 5.38 Å². The van der Waals surface area contributed by atoms with Gasteiger partial charge in [0.25, 0.3) is 5.91 Å². The minimum Gasteiger partial charge on any atom is -0.304 e. The van der Waals surface area contributed by atoms with Gasteiger partial charge in [-0.2, -0.15) is 0 Å². The lowest BCUT2D eigenvalue weighted by Gasteiger charge is -2.32. The fourth-order valence-electron chi connectivity index (χ4n) is 1.90. The Hall–Kier alpha value is -1.10. The molecule has 0 radical (unpaired) electrons. The zero-order valence-electron chi connectivity index (χ0n) is 10.5. The summed E-state index contributed by atoms with van der Waals surface area (Å²) < 4.78 is 0. The molecular formula is C13H18ClN3O. The normalized spacial score (nSPS) is 19.4. The molecule has 18 heavy (non-hydrogen) atoms. The summed E-state index contributed by atoms with van der Waals surface area (Å²) in [5, 5.41) is 1.30. The minimum absolute atomic E-state index is 0.160. The highest BCUT2D eigenvalue weighted by molar-refractivity contribution is 6.30. The van der Waals surface area contributed by atoms with Crippen LogP contribution >= 0.6 is 11.6 Å². The van der Waals surface area contributed by atoms with Gasteiger partial charge in [0.1, 0.15) is 5.38 Å². The molecule has 1 amide bonds. The number of hydrazine groups is 1. The van der Waals surface area contributed by atoms with Crippen molar-refractivity contribution in [2.75, 3.05) is 33.2 Å². The van der Waals surface area contributed by atoms with E-state index in [0.717, 1.165) is 31.7 Å². The zero-order valence-corrected chi connectivity index (χ0v) is 11.2. The van der Waals surface area contributed by atoms with Crippen LogP contribution in [0.5, 0.6) is 0 Å². The Kier molecular flexibility index (Phi) is 4.58. The number of carbonyl (C=O) groups is 1. The van der Waals surface area contributed by atoms with Crippen LogP contribution < -0.4 is 5.43 Å². The maximum absolute atomic E-state index is 12.0. The van der Waals surface area contributed by atoms with Crippen LogP contribution in [0.1, 0.15) is 10.9 Å². The van der Waals surface area contributed by atoms with Crippen molar-refractivity contribution in [3.8, 4) is 0 Å². The first-order valence-electron chi connectivity index (χ1n) is 6.10. The second kappa shape index (κ2) is 6.18. The molecule has 1 saturated heterocycles. The first-order valence-corrected chi connectivity index (χ1v) is 6.53. The molecule has 1 N–H and O–H groups in total. The first kappa shape index (κ1) is 13.3. The van der Waals surface area contributed by atoms with Crippen LogP contribution in [-0.4, -0.2) is 49.0 Å². The summed E-state index contributed by atoms with van der Waals surface area (Å²) in [4.78, 5) is 14.2. The van der Waals surface area contributed by atoms with Crippen molar-refractivity contribution in [3.05, 3.63) is 35.9 Å². The number of likely N-dealkylation sites (N-methyl/N-ethyl adjacent to an activating group) is 1. The van der Waals surface area contributed by atoms with Crippen molar-refractivity contribution in [3.63, 3.8) is 0 Å². The summed E-state index contributed by atoms with van der Waals surface area (Å²) in [6, 6.07) is 9.40. The van der Waals surface area contributed by atoms with Gasteiger partial charge in [-0.15, -0.1) is 11.6 Å². The molecule has 0 unspecified atom stereocenters. The minimum atomic E-state index is -0.633. The molecular weight excluding hydrogens is 250 g/mol. The number of hydrogen-bond donors (Lipinski definition) is 1. The smallest absolute Gasteiger partial charge is 0.256 e. The van der Waals surface area contributed by atoms with Gasteiger partial charge in [0, 0.05) is 26.2 Å². The first-order chi connectivity index (χ1) is 8.66. The van der Waals surface area contributed by atoms with Gasteiger partial charge < -0.3 is 4.90 Å². The lowest BCUT2D eigenvalue weighted by atomic mass is 10.1. The second-order valence-corrected chi connectivity index (χ2v) is 4.98. The maximum atomic E-state index is 12.0. The summed E-state index contributed by atoms with van der Waals surface area (Å²) in [6.07, 6.45) is 0. The largest absolute Gasteiger partial charge is 0.304 e. The van der Waals surface area contributed by atoms with Crippen LogP contribution in [0.4, 0.5) is 0 Å². The van der Waals surface area contributed by atoms with Crippen molar-refractivity contribution in [1.29, 1.82) is 0 Å². The van der Waals surface area contributed by atoms with E-state index in [4.69, 9.17) is 11.6 Å². The second-order valence-electron chi connectivity index (χ2n) is 4.54. The predicted molar refractivity (Wildman–Crippen MR) is 72.2 cm³/mol. The van der Waals surface area contributed by atoms with E-state index in [-0.39, 0.29) is 5.91 Å². The van der Waals surface area contributed by atoms with E-state index in [1.54, 1.807) is 0 Å². The van der Waals surface area contributed by atoms with E-state index in [1.165, 1.54) is 0 Å². The van der Waals surface area contributed by atoms with E-state index in [2.05, 4.69) is 17.4 Å². The SMILES string of the molecule is CN1CCN(NC(=O)[C@H](Cl)c2ccccc2)CC1. The van der Waals surface area contributed by atoms with Crippen molar-refractivity contribution < 1.29 is 4.79 Å². The molecule has 1 atom stereocenters. The maximum Gasteiger partial charge on any atom is 0.256 e. The highest BCUT2D eigenvalue weighted by Crippen LogP contribution is 2.20. The van der Waals surface area contributed by atoms with Crippen LogP contribution in [0, 0.1) is 0 Å². The Morgan fingerprint density at radius 3 is 2.44 bits per heavy atom. The summed E-state index contributed by atoms with van der Waals surface area (Å²) in [5.41, 5.74) is 3.70. The third kappa shape index (κ3) is 3.45. The molecule has 0 aromatic heterocycles. The van der Waals surface area contributed by atoms with Gasteiger partial charge in [-0.1, -0.05) is 30.3 Å². The lowest BCUT2D eigenvalue weighted by Crippen LogP contribution is -2.53. The number of nitrogens with zero attached hydrogens (tertiary/aromatic N) is 2. The third-order valence-electron chi connectivity index (χ3n) is 3.09. The molecule has 1 heterocycles. The summed E-state index contributed by atoms with van der Waals surface area (Å²) in [6.45, 7) is 3.58. The van der Waals surface area contributed by atoms with Crippen molar-refractivity contribution in [2.45, 2.75) is 5.38 Å². The Morgan fingerprint density at radius 1 is 1.22 bits per heavy atom. The number of piperazine rings is 1. The molecule has 4 nitrogen and oxygen atoms in total. The fraction of sp³-hybridized carbons (Fsp3) is 0.462. The fourth-order valence-corrected chi connectivity index (χ4v) is 2.10. The average Bonchev–Trinajstić information content (AvgIpc) is 2.41. The van der Waals surface area contributed by atoms with E-state index in [0.29, 0.717) is 0 Å². The van der Waals surface area contributed by atoms with Gasteiger partial charge in [-0.25, -0.2) is 5.01 Å². The van der Waals surface area contributed by atoms with Gasteiger partial charge in [0.2, 0.25) is 0 Å². The number of rotatable bonds is 3. The molecule has 1 aliphatic rings. The molecule has 0 bridgehead atoms. The molecule has 1 aromatic carbocycles. The number of halogens is 1. The van der Waals surface area contributed by atoms with E-state index >= 15 is 0 Å². The lowest BCUT2D eigenvalue weighted by molar-refractivity contribution is -0.126. The number of benzene rings is 1. The van der Waals surface area contributed by atoms with E-state index in [1.807, 2.05) is 35.3 Å². The topological polar surface area (TPSA) is 35.6 Å². The van der Waals surface area contributed by atoms with Gasteiger partial charge in [0.15, 0.2) is 0 Å². The molecule has 0 spiro atoms. The highest BCUT2D eigenvalue weighted by Gasteiger charge is 2.21. The highest BCUT2D eigenvalue weighted by atomic mass is 35.5. The van der Waals surface area contributed by atoms with Crippen molar-refractivity contribution in [1.82, 2.24) is 15.3 Å². The number of nitrogens with one attached hydrogen (secondary N) is 1. The Morgan fingerprint density at radius 2 is 1.83 bits per heavy atom. The Balaban J connectivity index is 1.88. The molecule has 98 valence electrons. The van der Waals surface area contributed by atoms with Crippen LogP contribution in [-0.2, 0) is 4.79 Å². The van der Waals surface area contributed by atoms with Crippen LogP contribution in [0.15, 0.2) is 30.3 Å². The van der Waals surface area contributed by atoms with Crippen molar-refractivity contribution in [2.24, 2.45) is 0 Å². The van der Waals surface area contributed by atoms with E-state index in [9.17, 15) is 4.79 Å². The number of carbonyl (C=O) groups excluding carboxylic acids is 1. The van der Waals surface area contributed by atoms with Gasteiger partial charge >= 0.3 is 0 Å². The molecule has 0 aliphatic carbocycles. The quantitative estimate of drug-likeness (QED) is 0.838.